The van der Waals surface area contributed by atoms with Gasteiger partial charge in [-0.3, -0.25) is 0 Å². The fourth-order valence-corrected chi connectivity index (χ4v) is 3.11. The molecule has 2 rings (SSSR count). The number of aryl methyl sites for hydroxylation is 1. The van der Waals surface area contributed by atoms with Gasteiger partial charge in [0.2, 0.25) is 0 Å². The van der Waals surface area contributed by atoms with E-state index >= 15 is 0 Å². The highest BCUT2D eigenvalue weighted by Crippen LogP contribution is 2.40. The van der Waals surface area contributed by atoms with Crippen LogP contribution in [0.3, 0.4) is 0 Å². The standard InChI is InChI=1S/C10H9ClNS2/c1-5-6(2)14-10(12)9(5)7-3-8(11)13-4-7/h3H,12H2,1-2H3. The van der Waals surface area contributed by atoms with Crippen LogP contribution in [-0.2, 0) is 0 Å². The fraction of sp³-hybridized carbons (Fsp3) is 0.200. The van der Waals surface area contributed by atoms with Crippen LogP contribution in [0.1, 0.15) is 10.4 Å². The van der Waals surface area contributed by atoms with Crippen LogP contribution in [-0.4, -0.2) is 0 Å². The SMILES string of the molecule is Cc1sc(N)c(-c2[c]sc(Cl)c2)c1C. The van der Waals surface area contributed by atoms with E-state index in [4.69, 9.17) is 17.3 Å². The first-order chi connectivity index (χ1) is 6.59. The maximum atomic E-state index is 5.94. The Hall–Kier alpha value is -0.510. The minimum absolute atomic E-state index is 0.752. The summed E-state index contributed by atoms with van der Waals surface area (Å²) in [6.07, 6.45) is 0. The molecule has 0 saturated heterocycles. The Bertz CT molecular complexity index is 470. The Morgan fingerprint density at radius 1 is 1.43 bits per heavy atom. The summed E-state index contributed by atoms with van der Waals surface area (Å²) in [5.41, 5.74) is 9.28. The summed E-state index contributed by atoms with van der Waals surface area (Å²) in [6, 6.07) is 1.91. The molecule has 1 nitrogen and oxygen atoms in total. The van der Waals surface area contributed by atoms with E-state index in [-0.39, 0.29) is 0 Å². The molecule has 0 aromatic carbocycles. The molecule has 0 aliphatic heterocycles. The van der Waals surface area contributed by atoms with Crippen LogP contribution in [0.4, 0.5) is 5.00 Å². The highest BCUT2D eigenvalue weighted by Gasteiger charge is 2.13. The van der Waals surface area contributed by atoms with Crippen molar-refractivity contribution in [1.82, 2.24) is 0 Å². The molecule has 2 aromatic heterocycles. The largest absolute Gasteiger partial charge is 0.390 e. The minimum atomic E-state index is 0.752. The summed E-state index contributed by atoms with van der Waals surface area (Å²) in [7, 11) is 0. The van der Waals surface area contributed by atoms with E-state index < -0.39 is 0 Å². The van der Waals surface area contributed by atoms with Crippen molar-refractivity contribution in [2.45, 2.75) is 13.8 Å². The van der Waals surface area contributed by atoms with Gasteiger partial charge in [0.15, 0.2) is 0 Å². The van der Waals surface area contributed by atoms with E-state index in [9.17, 15) is 0 Å². The van der Waals surface area contributed by atoms with Crippen LogP contribution in [0.15, 0.2) is 6.07 Å². The van der Waals surface area contributed by atoms with Crippen molar-refractivity contribution in [3.63, 3.8) is 0 Å². The van der Waals surface area contributed by atoms with Crippen LogP contribution >= 0.6 is 34.3 Å². The predicted octanol–water partition coefficient (Wildman–Crippen LogP) is 4.13. The van der Waals surface area contributed by atoms with Crippen molar-refractivity contribution in [1.29, 1.82) is 0 Å². The molecule has 0 spiro atoms. The number of anilines is 1. The van der Waals surface area contributed by atoms with Crippen molar-refractivity contribution < 1.29 is 0 Å². The molecule has 0 aliphatic carbocycles. The van der Waals surface area contributed by atoms with Crippen LogP contribution < -0.4 is 5.73 Å². The first-order valence-electron chi connectivity index (χ1n) is 4.12. The number of rotatable bonds is 1. The van der Waals surface area contributed by atoms with Crippen molar-refractivity contribution >= 4 is 39.3 Å². The van der Waals surface area contributed by atoms with Crippen molar-refractivity contribution in [3.8, 4) is 11.1 Å². The summed E-state index contributed by atoms with van der Waals surface area (Å²) in [5, 5.41) is 4.01. The number of hydrogen-bond acceptors (Lipinski definition) is 3. The van der Waals surface area contributed by atoms with Gasteiger partial charge in [-0.1, -0.05) is 11.6 Å². The Morgan fingerprint density at radius 3 is 2.57 bits per heavy atom. The maximum Gasteiger partial charge on any atom is 0.0942 e. The maximum absolute atomic E-state index is 5.94. The number of nitrogen functional groups attached to an aromatic ring is 1. The number of hydrogen-bond donors (Lipinski definition) is 1. The zero-order chi connectivity index (χ0) is 10.3. The van der Waals surface area contributed by atoms with Gasteiger partial charge in [0.25, 0.3) is 0 Å². The molecule has 0 amide bonds. The third-order valence-corrected chi connectivity index (χ3v) is 4.21. The Balaban J connectivity index is 2.61. The average Bonchev–Trinajstić information content (AvgIpc) is 2.60. The zero-order valence-corrected chi connectivity index (χ0v) is 10.2. The molecular formula is C10H9ClNS2. The lowest BCUT2D eigenvalue weighted by Crippen LogP contribution is -1.83. The molecule has 2 aromatic rings. The number of halogens is 1. The molecule has 0 unspecified atom stereocenters. The second kappa shape index (κ2) is 3.57. The zero-order valence-electron chi connectivity index (χ0n) is 7.85. The summed E-state index contributed by atoms with van der Waals surface area (Å²) in [4.78, 5) is 1.26. The lowest BCUT2D eigenvalue weighted by atomic mass is 10.1. The smallest absolute Gasteiger partial charge is 0.0942 e. The van der Waals surface area contributed by atoms with Gasteiger partial charge < -0.3 is 5.73 Å². The molecule has 0 fully saturated rings. The molecule has 0 saturated carbocycles. The average molecular weight is 243 g/mol. The highest BCUT2D eigenvalue weighted by atomic mass is 35.5. The minimum Gasteiger partial charge on any atom is -0.390 e. The molecule has 73 valence electrons. The lowest BCUT2D eigenvalue weighted by molar-refractivity contribution is 1.44. The van der Waals surface area contributed by atoms with Crippen LogP contribution in [0.25, 0.3) is 11.1 Å². The molecule has 4 heteroatoms. The Morgan fingerprint density at radius 2 is 2.14 bits per heavy atom. The van der Waals surface area contributed by atoms with E-state index in [0.29, 0.717) is 0 Å². The van der Waals surface area contributed by atoms with Crippen molar-refractivity contribution in [2.24, 2.45) is 0 Å². The van der Waals surface area contributed by atoms with E-state index in [1.807, 2.05) is 6.07 Å². The summed E-state index contributed by atoms with van der Waals surface area (Å²) < 4.78 is 0.752. The second-order valence-electron chi connectivity index (χ2n) is 3.09. The number of thiophene rings is 2. The third-order valence-electron chi connectivity index (χ3n) is 2.20. The van der Waals surface area contributed by atoms with Gasteiger partial charge in [-0.25, -0.2) is 0 Å². The van der Waals surface area contributed by atoms with Gasteiger partial charge in [0, 0.05) is 16.0 Å². The highest BCUT2D eigenvalue weighted by molar-refractivity contribution is 7.17. The van der Waals surface area contributed by atoms with Gasteiger partial charge in [-0.15, -0.1) is 22.7 Å². The quantitative estimate of drug-likeness (QED) is 0.800. The monoisotopic (exact) mass is 242 g/mol. The normalized spacial score (nSPS) is 10.8. The summed E-state index contributed by atoms with van der Waals surface area (Å²) >= 11 is 8.91. The first-order valence-corrected chi connectivity index (χ1v) is 6.13. The fourth-order valence-electron chi connectivity index (χ4n) is 1.39. The van der Waals surface area contributed by atoms with Gasteiger partial charge in [0.1, 0.15) is 0 Å². The van der Waals surface area contributed by atoms with Crippen LogP contribution in [0.5, 0.6) is 0 Å². The molecular weight excluding hydrogens is 234 g/mol. The summed E-state index contributed by atoms with van der Waals surface area (Å²) in [5.74, 6) is 0. The molecule has 1 radical (unpaired) electrons. The summed E-state index contributed by atoms with van der Waals surface area (Å²) in [6.45, 7) is 4.16. The van der Waals surface area contributed by atoms with Gasteiger partial charge in [0.05, 0.1) is 14.7 Å². The molecule has 2 N–H and O–H groups in total. The van der Waals surface area contributed by atoms with Crippen molar-refractivity contribution in [2.75, 3.05) is 5.73 Å². The van der Waals surface area contributed by atoms with Crippen LogP contribution in [0.2, 0.25) is 4.34 Å². The topological polar surface area (TPSA) is 26.0 Å². The Labute approximate surface area is 96.1 Å². The van der Waals surface area contributed by atoms with E-state index in [0.717, 1.165) is 20.5 Å². The van der Waals surface area contributed by atoms with Crippen LogP contribution in [0, 0.1) is 19.2 Å². The molecule has 14 heavy (non-hydrogen) atoms. The van der Waals surface area contributed by atoms with Crippen molar-refractivity contribution in [3.05, 3.63) is 26.2 Å². The van der Waals surface area contributed by atoms with Gasteiger partial charge in [-0.05, 0) is 25.5 Å². The van der Waals surface area contributed by atoms with E-state index in [1.54, 1.807) is 11.3 Å². The Kier molecular flexibility index (Phi) is 2.56. The third kappa shape index (κ3) is 1.56. The van der Waals surface area contributed by atoms with Gasteiger partial charge in [-0.2, -0.15) is 0 Å². The lowest BCUT2D eigenvalue weighted by Gasteiger charge is -1.97. The van der Waals surface area contributed by atoms with E-state index in [1.165, 1.54) is 21.8 Å². The molecule has 0 atom stereocenters. The van der Waals surface area contributed by atoms with E-state index in [2.05, 4.69) is 19.2 Å². The van der Waals surface area contributed by atoms with Gasteiger partial charge >= 0.3 is 0 Å². The molecule has 0 bridgehead atoms. The first kappa shape index (κ1) is 10.0. The molecule has 0 aliphatic rings. The predicted molar refractivity (Wildman–Crippen MR) is 65.4 cm³/mol. The number of nitrogens with two attached hydrogens (primary N) is 1. The second-order valence-corrected chi connectivity index (χ2v) is 5.82. The molecule has 2 heterocycles.